The van der Waals surface area contributed by atoms with Crippen LogP contribution in [-0.4, -0.2) is 36.5 Å². The van der Waals surface area contributed by atoms with Crippen LogP contribution in [-0.2, 0) is 14.3 Å². The van der Waals surface area contributed by atoms with E-state index in [4.69, 9.17) is 4.74 Å². The molecule has 0 N–H and O–H groups in total. The molecule has 0 bridgehead atoms. The van der Waals surface area contributed by atoms with Crippen molar-refractivity contribution in [3.63, 3.8) is 0 Å². The SMILES string of the molecule is CCCOC(=O)[C@@H](CC)N(C)C(=O)[C@@H]1C[C@H](C)CC[C@H]1C(C)C. The van der Waals surface area contributed by atoms with E-state index in [1.807, 2.05) is 13.8 Å². The molecule has 4 heteroatoms. The van der Waals surface area contributed by atoms with Gasteiger partial charge < -0.3 is 9.64 Å². The monoisotopic (exact) mass is 325 g/mol. The quantitative estimate of drug-likeness (QED) is 0.667. The van der Waals surface area contributed by atoms with Crippen molar-refractivity contribution in [2.24, 2.45) is 23.7 Å². The summed E-state index contributed by atoms with van der Waals surface area (Å²) in [6, 6.07) is -0.459. The summed E-state index contributed by atoms with van der Waals surface area (Å²) >= 11 is 0. The van der Waals surface area contributed by atoms with Gasteiger partial charge in [0.25, 0.3) is 0 Å². The number of hydrogen-bond acceptors (Lipinski definition) is 3. The highest BCUT2D eigenvalue weighted by Gasteiger charge is 2.39. The Morgan fingerprint density at radius 2 is 1.87 bits per heavy atom. The molecule has 0 spiro atoms. The topological polar surface area (TPSA) is 46.6 Å². The van der Waals surface area contributed by atoms with Gasteiger partial charge in [0, 0.05) is 13.0 Å². The first kappa shape index (κ1) is 20.0. The highest BCUT2D eigenvalue weighted by atomic mass is 16.5. The lowest BCUT2D eigenvalue weighted by molar-refractivity contribution is -0.157. The smallest absolute Gasteiger partial charge is 0.328 e. The number of nitrogens with zero attached hydrogens (tertiary/aromatic N) is 1. The molecule has 1 rings (SSSR count). The minimum absolute atomic E-state index is 0.0387. The van der Waals surface area contributed by atoms with Gasteiger partial charge in [-0.3, -0.25) is 4.79 Å². The second-order valence-corrected chi connectivity index (χ2v) is 7.47. The fourth-order valence-electron chi connectivity index (χ4n) is 3.80. The number of carbonyl (C=O) groups is 2. The fourth-order valence-corrected chi connectivity index (χ4v) is 3.80. The maximum absolute atomic E-state index is 13.1. The van der Waals surface area contributed by atoms with Gasteiger partial charge >= 0.3 is 5.97 Å². The van der Waals surface area contributed by atoms with E-state index in [-0.39, 0.29) is 17.8 Å². The third-order valence-electron chi connectivity index (χ3n) is 5.26. The van der Waals surface area contributed by atoms with E-state index in [9.17, 15) is 9.59 Å². The number of esters is 1. The lowest BCUT2D eigenvalue weighted by Crippen LogP contribution is -2.48. The van der Waals surface area contributed by atoms with Crippen molar-refractivity contribution in [1.82, 2.24) is 4.90 Å². The van der Waals surface area contributed by atoms with E-state index in [1.165, 1.54) is 6.42 Å². The van der Waals surface area contributed by atoms with Gasteiger partial charge in [0.15, 0.2) is 0 Å². The van der Waals surface area contributed by atoms with E-state index in [0.29, 0.717) is 30.8 Å². The predicted molar refractivity (Wildman–Crippen MR) is 92.9 cm³/mol. The first-order chi connectivity index (χ1) is 10.8. The summed E-state index contributed by atoms with van der Waals surface area (Å²) in [5.41, 5.74) is 0. The Morgan fingerprint density at radius 3 is 2.39 bits per heavy atom. The summed E-state index contributed by atoms with van der Waals surface area (Å²) in [4.78, 5) is 26.9. The number of hydrogen-bond donors (Lipinski definition) is 0. The molecule has 0 radical (unpaired) electrons. The number of carbonyl (C=O) groups excluding carboxylic acids is 2. The van der Waals surface area contributed by atoms with Gasteiger partial charge in [0.1, 0.15) is 6.04 Å². The number of amides is 1. The number of ether oxygens (including phenoxy) is 1. The summed E-state index contributed by atoms with van der Waals surface area (Å²) in [5, 5.41) is 0. The molecule has 1 saturated carbocycles. The molecule has 0 aromatic carbocycles. The van der Waals surface area contributed by atoms with Crippen LogP contribution in [0.1, 0.15) is 66.7 Å². The molecule has 4 atom stereocenters. The molecule has 0 heterocycles. The minimum atomic E-state index is -0.459. The second kappa shape index (κ2) is 9.29. The Labute approximate surface area is 141 Å². The molecule has 0 aromatic heterocycles. The van der Waals surface area contributed by atoms with Gasteiger partial charge in [0.2, 0.25) is 5.91 Å². The van der Waals surface area contributed by atoms with Gasteiger partial charge in [-0.25, -0.2) is 4.79 Å². The van der Waals surface area contributed by atoms with Crippen molar-refractivity contribution in [1.29, 1.82) is 0 Å². The van der Waals surface area contributed by atoms with E-state index < -0.39 is 6.04 Å². The lowest BCUT2D eigenvalue weighted by Gasteiger charge is -2.39. The van der Waals surface area contributed by atoms with Crippen LogP contribution in [0.25, 0.3) is 0 Å². The van der Waals surface area contributed by atoms with Crippen LogP contribution in [0.3, 0.4) is 0 Å². The third kappa shape index (κ3) is 5.22. The van der Waals surface area contributed by atoms with Crippen LogP contribution in [0.2, 0.25) is 0 Å². The summed E-state index contributed by atoms with van der Waals surface area (Å²) in [6.45, 7) is 11.0. The van der Waals surface area contributed by atoms with Crippen molar-refractivity contribution in [3.8, 4) is 0 Å². The highest BCUT2D eigenvalue weighted by molar-refractivity contribution is 5.85. The fraction of sp³-hybridized carbons (Fsp3) is 0.895. The highest BCUT2D eigenvalue weighted by Crippen LogP contribution is 2.39. The zero-order valence-electron chi connectivity index (χ0n) is 15.8. The normalized spacial score (nSPS) is 26.0. The molecular weight excluding hydrogens is 290 g/mol. The van der Waals surface area contributed by atoms with Crippen LogP contribution >= 0.6 is 0 Å². The average molecular weight is 325 g/mol. The van der Waals surface area contributed by atoms with E-state index in [2.05, 4.69) is 20.8 Å². The van der Waals surface area contributed by atoms with Gasteiger partial charge in [-0.05, 0) is 43.4 Å². The first-order valence-electron chi connectivity index (χ1n) is 9.26. The van der Waals surface area contributed by atoms with E-state index in [0.717, 1.165) is 19.3 Å². The van der Waals surface area contributed by atoms with Gasteiger partial charge in [-0.2, -0.15) is 0 Å². The van der Waals surface area contributed by atoms with Gasteiger partial charge in [-0.1, -0.05) is 41.0 Å². The molecule has 0 aromatic rings. The molecule has 4 nitrogen and oxygen atoms in total. The summed E-state index contributed by atoms with van der Waals surface area (Å²) in [7, 11) is 1.76. The number of likely N-dealkylation sites (N-methyl/N-ethyl adjacent to an activating group) is 1. The minimum Gasteiger partial charge on any atom is -0.464 e. The predicted octanol–water partition coefficient (Wildman–Crippen LogP) is 3.89. The summed E-state index contributed by atoms with van der Waals surface area (Å²) in [6.07, 6.45) is 4.65. The average Bonchev–Trinajstić information content (AvgIpc) is 2.52. The molecule has 1 aliphatic carbocycles. The van der Waals surface area contributed by atoms with Crippen molar-refractivity contribution in [2.45, 2.75) is 72.8 Å². The van der Waals surface area contributed by atoms with Crippen molar-refractivity contribution < 1.29 is 14.3 Å². The molecule has 0 unspecified atom stereocenters. The molecular formula is C19H35NO3. The Morgan fingerprint density at radius 1 is 1.22 bits per heavy atom. The maximum Gasteiger partial charge on any atom is 0.328 e. The Kier molecular flexibility index (Phi) is 8.07. The number of rotatable bonds is 7. The van der Waals surface area contributed by atoms with Gasteiger partial charge in [0.05, 0.1) is 6.61 Å². The van der Waals surface area contributed by atoms with Crippen LogP contribution in [0, 0.1) is 23.7 Å². The first-order valence-corrected chi connectivity index (χ1v) is 9.26. The largest absolute Gasteiger partial charge is 0.464 e. The Hall–Kier alpha value is -1.06. The van der Waals surface area contributed by atoms with E-state index in [1.54, 1.807) is 11.9 Å². The van der Waals surface area contributed by atoms with E-state index >= 15 is 0 Å². The van der Waals surface area contributed by atoms with Crippen molar-refractivity contribution in [3.05, 3.63) is 0 Å². The molecule has 0 aliphatic heterocycles. The molecule has 1 aliphatic rings. The standard InChI is InChI=1S/C19H35NO3/c1-7-11-23-19(22)17(8-2)20(6)18(21)16-12-14(5)9-10-15(16)13(3)4/h13-17H,7-12H2,1-6H3/t14-,15+,16-,17-/m1/s1. The molecule has 1 amide bonds. The summed E-state index contributed by atoms with van der Waals surface area (Å²) in [5.74, 6) is 1.39. The van der Waals surface area contributed by atoms with Crippen LogP contribution in [0.5, 0.6) is 0 Å². The van der Waals surface area contributed by atoms with Crippen molar-refractivity contribution in [2.75, 3.05) is 13.7 Å². The third-order valence-corrected chi connectivity index (χ3v) is 5.26. The summed E-state index contributed by atoms with van der Waals surface area (Å²) < 4.78 is 5.27. The van der Waals surface area contributed by atoms with Crippen molar-refractivity contribution >= 4 is 11.9 Å². The van der Waals surface area contributed by atoms with Gasteiger partial charge in [-0.15, -0.1) is 0 Å². The zero-order valence-corrected chi connectivity index (χ0v) is 15.8. The Balaban J connectivity index is 2.83. The molecule has 0 saturated heterocycles. The zero-order chi connectivity index (χ0) is 17.6. The molecule has 23 heavy (non-hydrogen) atoms. The van der Waals surface area contributed by atoms with Crippen LogP contribution in [0.15, 0.2) is 0 Å². The maximum atomic E-state index is 13.1. The second-order valence-electron chi connectivity index (χ2n) is 7.47. The lowest BCUT2D eigenvalue weighted by atomic mass is 9.69. The van der Waals surface area contributed by atoms with Crippen LogP contribution in [0.4, 0.5) is 0 Å². The van der Waals surface area contributed by atoms with Crippen LogP contribution < -0.4 is 0 Å². The molecule has 134 valence electrons. The Bertz CT molecular complexity index is 394. The molecule has 1 fully saturated rings.